The molecule has 126 valence electrons. The molecule has 0 spiro atoms. The van der Waals surface area contributed by atoms with Gasteiger partial charge in [0.25, 0.3) is 0 Å². The summed E-state index contributed by atoms with van der Waals surface area (Å²) in [7, 11) is 0. The number of carbonyl (C=O) groups is 1. The third-order valence-electron chi connectivity index (χ3n) is 4.16. The van der Waals surface area contributed by atoms with E-state index in [9.17, 15) is 4.79 Å². The minimum atomic E-state index is -0.261. The highest BCUT2D eigenvalue weighted by Gasteiger charge is 2.47. The van der Waals surface area contributed by atoms with Gasteiger partial charge >= 0.3 is 5.97 Å². The number of benzene rings is 1. The molecule has 23 heavy (non-hydrogen) atoms. The molecule has 1 heterocycles. The molecule has 1 aromatic carbocycles. The molecule has 4 heteroatoms. The van der Waals surface area contributed by atoms with Crippen molar-refractivity contribution in [2.45, 2.75) is 57.7 Å². The molecule has 2 rings (SSSR count). The number of esters is 1. The molecule has 1 aromatic rings. The predicted octanol–water partition coefficient (Wildman–Crippen LogP) is 3.98. The number of hydrogen-bond donors (Lipinski definition) is 0. The fourth-order valence-electron chi connectivity index (χ4n) is 3.53. The van der Waals surface area contributed by atoms with Gasteiger partial charge < -0.3 is 4.74 Å². The Morgan fingerprint density at radius 2 is 1.78 bits per heavy atom. The van der Waals surface area contributed by atoms with Gasteiger partial charge in [-0.3, -0.25) is 4.84 Å². The summed E-state index contributed by atoms with van der Waals surface area (Å²) in [5.74, 6) is -0.261. The summed E-state index contributed by atoms with van der Waals surface area (Å²) < 4.78 is 5.76. The minimum absolute atomic E-state index is 0.128. The first-order chi connectivity index (χ1) is 10.8. The van der Waals surface area contributed by atoms with Crippen LogP contribution in [-0.4, -0.2) is 34.8 Å². The smallest absolute Gasteiger partial charge is 0.338 e. The molecule has 0 aliphatic carbocycles. The Balaban J connectivity index is 2.09. The summed E-state index contributed by atoms with van der Waals surface area (Å²) in [5, 5.41) is 2.02. The van der Waals surface area contributed by atoms with Gasteiger partial charge in [0.15, 0.2) is 0 Å². The monoisotopic (exact) mass is 317 g/mol. The molecule has 1 aliphatic rings. The van der Waals surface area contributed by atoms with Crippen LogP contribution in [0.15, 0.2) is 43.0 Å². The zero-order valence-corrected chi connectivity index (χ0v) is 14.5. The Hall–Kier alpha value is -1.65. The molecule has 0 unspecified atom stereocenters. The van der Waals surface area contributed by atoms with E-state index in [-0.39, 0.29) is 23.2 Å². The number of carbonyl (C=O) groups excluding carboxylic acids is 1. The van der Waals surface area contributed by atoms with Gasteiger partial charge in [-0.15, -0.1) is 6.58 Å². The van der Waals surface area contributed by atoms with Gasteiger partial charge in [0.05, 0.1) is 12.2 Å². The van der Waals surface area contributed by atoms with Crippen LogP contribution in [0.1, 0.15) is 50.9 Å². The molecule has 0 N–H and O–H groups in total. The Morgan fingerprint density at radius 3 is 2.30 bits per heavy atom. The number of nitrogens with zero attached hydrogens (tertiary/aromatic N) is 1. The summed E-state index contributed by atoms with van der Waals surface area (Å²) in [6, 6.07) is 9.13. The van der Waals surface area contributed by atoms with Crippen LogP contribution in [0.4, 0.5) is 0 Å². The Labute approximate surface area is 139 Å². The van der Waals surface area contributed by atoms with Gasteiger partial charge in [-0.05, 0) is 39.8 Å². The molecule has 4 nitrogen and oxygen atoms in total. The van der Waals surface area contributed by atoms with Gasteiger partial charge in [0, 0.05) is 23.9 Å². The van der Waals surface area contributed by atoms with Crippen molar-refractivity contribution < 1.29 is 14.4 Å². The van der Waals surface area contributed by atoms with E-state index in [2.05, 4.69) is 34.3 Å². The highest BCUT2D eigenvalue weighted by atomic mass is 16.7. The second-order valence-corrected chi connectivity index (χ2v) is 7.31. The summed E-state index contributed by atoms with van der Waals surface area (Å²) in [6.07, 6.45) is 3.07. The largest absolute Gasteiger partial charge is 0.459 e. The Morgan fingerprint density at radius 1 is 1.22 bits per heavy atom. The molecule has 1 saturated heterocycles. The maximum atomic E-state index is 12.3. The highest BCUT2D eigenvalue weighted by Crippen LogP contribution is 2.39. The number of piperidine rings is 1. The lowest BCUT2D eigenvalue weighted by Crippen LogP contribution is -2.62. The predicted molar refractivity (Wildman–Crippen MR) is 91.0 cm³/mol. The van der Waals surface area contributed by atoms with E-state index < -0.39 is 0 Å². The fourth-order valence-corrected chi connectivity index (χ4v) is 3.53. The van der Waals surface area contributed by atoms with Crippen LogP contribution >= 0.6 is 0 Å². The van der Waals surface area contributed by atoms with Crippen molar-refractivity contribution in [1.82, 2.24) is 5.06 Å². The molecular weight excluding hydrogens is 290 g/mol. The topological polar surface area (TPSA) is 38.8 Å². The normalized spacial score (nSPS) is 20.9. The third-order valence-corrected chi connectivity index (χ3v) is 4.16. The summed E-state index contributed by atoms with van der Waals surface area (Å²) in [6.45, 7) is 12.6. The van der Waals surface area contributed by atoms with Crippen LogP contribution in [-0.2, 0) is 9.57 Å². The number of hydroxylamine groups is 2. The van der Waals surface area contributed by atoms with Gasteiger partial charge in [-0.1, -0.05) is 24.3 Å². The van der Waals surface area contributed by atoms with Crippen molar-refractivity contribution in [3.63, 3.8) is 0 Å². The molecule has 0 radical (unpaired) electrons. The third kappa shape index (κ3) is 4.21. The maximum Gasteiger partial charge on any atom is 0.338 e. The van der Waals surface area contributed by atoms with Crippen LogP contribution in [0.25, 0.3) is 0 Å². The highest BCUT2D eigenvalue weighted by molar-refractivity contribution is 5.89. The van der Waals surface area contributed by atoms with E-state index >= 15 is 0 Å². The van der Waals surface area contributed by atoms with Gasteiger partial charge in [-0.25, -0.2) is 4.79 Å². The first-order valence-corrected chi connectivity index (χ1v) is 8.06. The van der Waals surface area contributed by atoms with Crippen molar-refractivity contribution in [1.29, 1.82) is 0 Å². The van der Waals surface area contributed by atoms with Crippen LogP contribution < -0.4 is 0 Å². The zero-order valence-electron chi connectivity index (χ0n) is 14.5. The van der Waals surface area contributed by atoms with Crippen molar-refractivity contribution in [2.75, 3.05) is 6.61 Å². The molecule has 1 fully saturated rings. The standard InChI is InChI=1S/C19H27NO3/c1-6-12-22-20-18(2,3)13-16(14-19(20,4)5)23-17(21)15-10-8-7-9-11-15/h6-11,16H,1,12-14H2,2-5H3. The average Bonchev–Trinajstić information content (AvgIpc) is 2.46. The zero-order chi connectivity index (χ0) is 17.1. The van der Waals surface area contributed by atoms with E-state index in [0.717, 1.165) is 12.8 Å². The van der Waals surface area contributed by atoms with Crippen LogP contribution in [0.2, 0.25) is 0 Å². The van der Waals surface area contributed by atoms with E-state index in [1.807, 2.05) is 23.3 Å². The van der Waals surface area contributed by atoms with Crippen LogP contribution in [0.5, 0.6) is 0 Å². The molecule has 0 bridgehead atoms. The number of hydrogen-bond acceptors (Lipinski definition) is 4. The molecular formula is C19H27NO3. The van der Waals surface area contributed by atoms with Crippen molar-refractivity contribution in [2.24, 2.45) is 0 Å². The molecule has 0 atom stereocenters. The number of ether oxygens (including phenoxy) is 1. The minimum Gasteiger partial charge on any atom is -0.459 e. The van der Waals surface area contributed by atoms with E-state index in [4.69, 9.17) is 9.57 Å². The van der Waals surface area contributed by atoms with Gasteiger partial charge in [-0.2, -0.15) is 5.06 Å². The Bertz CT molecular complexity index is 533. The van der Waals surface area contributed by atoms with Crippen molar-refractivity contribution >= 4 is 5.97 Å². The van der Waals surface area contributed by atoms with Crippen molar-refractivity contribution in [3.8, 4) is 0 Å². The molecule has 0 aromatic heterocycles. The van der Waals surface area contributed by atoms with Gasteiger partial charge in [0.2, 0.25) is 0 Å². The average molecular weight is 317 g/mol. The first-order valence-electron chi connectivity index (χ1n) is 8.06. The summed E-state index contributed by atoms with van der Waals surface area (Å²) in [5.41, 5.74) is 0.132. The molecule has 0 saturated carbocycles. The SMILES string of the molecule is C=CCON1C(C)(C)CC(OC(=O)c2ccccc2)CC1(C)C. The maximum absolute atomic E-state index is 12.3. The van der Waals surface area contributed by atoms with E-state index in [1.165, 1.54) is 0 Å². The number of rotatable bonds is 5. The lowest BCUT2D eigenvalue weighted by atomic mass is 9.80. The van der Waals surface area contributed by atoms with Crippen LogP contribution in [0.3, 0.4) is 0 Å². The fraction of sp³-hybridized carbons (Fsp3) is 0.526. The molecule has 1 aliphatic heterocycles. The first kappa shape index (κ1) is 17.7. The Kier molecular flexibility index (Phi) is 5.27. The van der Waals surface area contributed by atoms with Crippen LogP contribution in [0, 0.1) is 0 Å². The van der Waals surface area contributed by atoms with Gasteiger partial charge in [0.1, 0.15) is 6.10 Å². The summed E-state index contributed by atoms with van der Waals surface area (Å²) in [4.78, 5) is 18.2. The summed E-state index contributed by atoms with van der Waals surface area (Å²) >= 11 is 0. The van der Waals surface area contributed by atoms with Crippen molar-refractivity contribution in [3.05, 3.63) is 48.6 Å². The van der Waals surface area contributed by atoms with E-state index in [0.29, 0.717) is 12.2 Å². The second-order valence-electron chi connectivity index (χ2n) is 7.31. The lowest BCUT2D eigenvalue weighted by molar-refractivity contribution is -0.286. The molecule has 0 amide bonds. The lowest BCUT2D eigenvalue weighted by Gasteiger charge is -2.53. The second kappa shape index (κ2) is 6.85. The quantitative estimate of drug-likeness (QED) is 0.608. The van der Waals surface area contributed by atoms with E-state index in [1.54, 1.807) is 18.2 Å².